The zero-order valence-corrected chi connectivity index (χ0v) is 21.8. The van der Waals surface area contributed by atoms with Crippen molar-refractivity contribution < 1.29 is 4.79 Å². The third-order valence-corrected chi connectivity index (χ3v) is 6.82. The summed E-state index contributed by atoms with van der Waals surface area (Å²) >= 11 is 0. The van der Waals surface area contributed by atoms with Gasteiger partial charge >= 0.3 is 0 Å². The van der Waals surface area contributed by atoms with E-state index in [4.69, 9.17) is 4.98 Å². The van der Waals surface area contributed by atoms with Crippen molar-refractivity contribution in [3.8, 4) is 40.2 Å². The van der Waals surface area contributed by atoms with Gasteiger partial charge in [0, 0.05) is 86.5 Å². The van der Waals surface area contributed by atoms with Gasteiger partial charge in [0.1, 0.15) is 18.2 Å². The number of pyridine rings is 2. The number of carbonyl (C=O) groups excluding carboxylic acids is 1. The number of anilines is 1. The zero-order chi connectivity index (χ0) is 27.5. The van der Waals surface area contributed by atoms with E-state index in [2.05, 4.69) is 43.0 Å². The molecule has 5 aromatic rings. The molecule has 0 atom stereocenters. The average Bonchev–Trinajstić information content (AvgIpc) is 3.63. The number of amides is 1. The lowest BCUT2D eigenvalue weighted by atomic mass is 10.0. The van der Waals surface area contributed by atoms with E-state index in [-0.39, 0.29) is 12.3 Å². The average molecular weight is 529 g/mol. The molecular formula is C29H24N10O. The van der Waals surface area contributed by atoms with E-state index in [1.807, 2.05) is 48.7 Å². The smallest absolute Gasteiger partial charge is 0.234 e. The topological polar surface area (TPSA) is 121 Å². The number of fused-ring (bicyclic) bond motifs is 1. The van der Waals surface area contributed by atoms with Crippen LogP contribution in [0, 0.1) is 23.2 Å². The summed E-state index contributed by atoms with van der Waals surface area (Å²) in [7, 11) is 1.87. The number of aromatic nitrogens is 7. The SMILES string of the molecule is Cn1cc(-c2cc(-c3ccc(N4CCN(C(=O)CC#Cc5cncnc5)CC4)nc3)c3c(C#N)cnn3c2)cn1. The van der Waals surface area contributed by atoms with Crippen LogP contribution in [0.25, 0.3) is 27.8 Å². The molecule has 1 aliphatic heterocycles. The molecule has 5 aromatic heterocycles. The molecule has 0 spiro atoms. The lowest BCUT2D eigenvalue weighted by Gasteiger charge is -2.35. The van der Waals surface area contributed by atoms with E-state index in [1.54, 1.807) is 34.0 Å². The zero-order valence-electron chi connectivity index (χ0n) is 21.8. The van der Waals surface area contributed by atoms with E-state index < -0.39 is 0 Å². The van der Waals surface area contributed by atoms with E-state index in [0.29, 0.717) is 37.3 Å². The van der Waals surface area contributed by atoms with Crippen LogP contribution in [-0.2, 0) is 11.8 Å². The molecule has 11 nitrogen and oxygen atoms in total. The third kappa shape index (κ3) is 4.96. The van der Waals surface area contributed by atoms with Gasteiger partial charge in [-0.3, -0.25) is 9.48 Å². The van der Waals surface area contributed by atoms with Gasteiger partial charge in [0.2, 0.25) is 5.91 Å². The molecule has 6 heterocycles. The maximum absolute atomic E-state index is 12.6. The molecular weight excluding hydrogens is 504 g/mol. The maximum Gasteiger partial charge on any atom is 0.234 e. The molecule has 0 N–H and O–H groups in total. The molecule has 0 unspecified atom stereocenters. The number of aryl methyl sites for hydroxylation is 1. The Morgan fingerprint density at radius 3 is 2.48 bits per heavy atom. The van der Waals surface area contributed by atoms with Gasteiger partial charge in [0.25, 0.3) is 0 Å². The predicted molar refractivity (Wildman–Crippen MR) is 148 cm³/mol. The van der Waals surface area contributed by atoms with Crippen LogP contribution >= 0.6 is 0 Å². The largest absolute Gasteiger partial charge is 0.353 e. The molecule has 6 rings (SSSR count). The van der Waals surface area contributed by atoms with E-state index in [0.717, 1.165) is 33.6 Å². The van der Waals surface area contributed by atoms with Crippen LogP contribution in [-0.4, -0.2) is 71.3 Å². The lowest BCUT2D eigenvalue weighted by Crippen LogP contribution is -2.48. The van der Waals surface area contributed by atoms with Crippen molar-refractivity contribution in [1.82, 2.24) is 39.2 Å². The van der Waals surface area contributed by atoms with Crippen molar-refractivity contribution in [2.75, 3.05) is 31.1 Å². The second-order valence-electron chi connectivity index (χ2n) is 9.39. The fourth-order valence-corrected chi connectivity index (χ4v) is 4.77. The molecule has 1 aliphatic rings. The Morgan fingerprint density at radius 1 is 0.950 bits per heavy atom. The highest BCUT2D eigenvalue weighted by molar-refractivity contribution is 5.87. The van der Waals surface area contributed by atoms with Crippen molar-refractivity contribution >= 4 is 17.2 Å². The summed E-state index contributed by atoms with van der Waals surface area (Å²) in [6.07, 6.45) is 13.9. The molecule has 0 radical (unpaired) electrons. The van der Waals surface area contributed by atoms with Crippen LogP contribution in [0.1, 0.15) is 17.5 Å². The molecule has 196 valence electrons. The molecule has 0 aromatic carbocycles. The quantitative estimate of drug-likeness (QED) is 0.326. The van der Waals surface area contributed by atoms with Crippen LogP contribution in [0.5, 0.6) is 0 Å². The predicted octanol–water partition coefficient (Wildman–Crippen LogP) is 2.55. The number of hydrogen-bond acceptors (Lipinski definition) is 8. The van der Waals surface area contributed by atoms with Gasteiger partial charge in [0.05, 0.1) is 35.5 Å². The van der Waals surface area contributed by atoms with Gasteiger partial charge in [0.15, 0.2) is 0 Å². The molecule has 0 bridgehead atoms. The first-order valence-electron chi connectivity index (χ1n) is 12.7. The van der Waals surface area contributed by atoms with Crippen molar-refractivity contribution in [2.24, 2.45) is 7.05 Å². The highest BCUT2D eigenvalue weighted by atomic mass is 16.2. The lowest BCUT2D eigenvalue weighted by molar-refractivity contribution is -0.130. The highest BCUT2D eigenvalue weighted by Gasteiger charge is 2.22. The monoisotopic (exact) mass is 528 g/mol. The van der Waals surface area contributed by atoms with E-state index >= 15 is 0 Å². The first kappa shape index (κ1) is 24.8. The van der Waals surface area contributed by atoms with Crippen molar-refractivity contribution in [3.05, 3.63) is 79.0 Å². The minimum atomic E-state index is 0.0129. The molecule has 40 heavy (non-hydrogen) atoms. The Kier molecular flexibility index (Phi) is 6.61. The maximum atomic E-state index is 12.6. The summed E-state index contributed by atoms with van der Waals surface area (Å²) in [6.45, 7) is 2.57. The van der Waals surface area contributed by atoms with E-state index in [9.17, 15) is 10.1 Å². The molecule has 1 amide bonds. The summed E-state index contributed by atoms with van der Waals surface area (Å²) < 4.78 is 3.48. The van der Waals surface area contributed by atoms with Gasteiger partial charge in [-0.15, -0.1) is 0 Å². The van der Waals surface area contributed by atoms with Crippen LogP contribution in [0.3, 0.4) is 0 Å². The first-order valence-corrected chi connectivity index (χ1v) is 12.7. The van der Waals surface area contributed by atoms with Crippen molar-refractivity contribution in [1.29, 1.82) is 5.26 Å². The summed E-state index contributed by atoms with van der Waals surface area (Å²) in [6, 6.07) is 8.29. The standard InChI is InChI=1S/C29H24N10O/c1-36-18-25(17-34-36)23-11-26(29-24(12-30)16-35-39(29)19-23)22-5-6-27(33-15-22)37-7-9-38(10-8-37)28(40)4-2-3-21-13-31-20-32-14-21/h5-6,11,13-20H,4,7-10H2,1H3. The number of carbonyl (C=O) groups is 1. The fraction of sp³-hybridized carbons (Fsp3) is 0.207. The molecule has 1 saturated heterocycles. The Bertz CT molecular complexity index is 1780. The summed E-state index contributed by atoms with van der Waals surface area (Å²) in [4.78, 5) is 29.2. The van der Waals surface area contributed by atoms with Crippen LogP contribution in [0.15, 0.2) is 67.9 Å². The molecule has 11 heteroatoms. The summed E-state index contributed by atoms with van der Waals surface area (Å²) in [5.74, 6) is 6.70. The van der Waals surface area contributed by atoms with Gasteiger partial charge in [-0.25, -0.2) is 19.5 Å². The van der Waals surface area contributed by atoms with Crippen molar-refractivity contribution in [3.63, 3.8) is 0 Å². The molecule has 1 fully saturated rings. The Morgan fingerprint density at radius 2 is 1.77 bits per heavy atom. The number of hydrogen-bond donors (Lipinski definition) is 0. The van der Waals surface area contributed by atoms with Crippen LogP contribution in [0.4, 0.5) is 5.82 Å². The number of piperazine rings is 1. The normalized spacial score (nSPS) is 13.1. The second-order valence-corrected chi connectivity index (χ2v) is 9.39. The highest BCUT2D eigenvalue weighted by Crippen LogP contribution is 2.32. The van der Waals surface area contributed by atoms with Gasteiger partial charge < -0.3 is 9.80 Å². The second kappa shape index (κ2) is 10.7. The van der Waals surface area contributed by atoms with Crippen LogP contribution < -0.4 is 4.90 Å². The van der Waals surface area contributed by atoms with Gasteiger partial charge in [-0.1, -0.05) is 11.8 Å². The summed E-state index contributed by atoms with van der Waals surface area (Å²) in [5, 5.41) is 18.4. The number of nitrogens with zero attached hydrogens (tertiary/aromatic N) is 10. The Hall–Kier alpha value is -5.55. The van der Waals surface area contributed by atoms with E-state index in [1.165, 1.54) is 6.33 Å². The third-order valence-electron chi connectivity index (χ3n) is 6.82. The molecule has 0 saturated carbocycles. The Labute approximate surface area is 230 Å². The molecule has 0 aliphatic carbocycles. The minimum absolute atomic E-state index is 0.0129. The van der Waals surface area contributed by atoms with Gasteiger partial charge in [-0.2, -0.15) is 15.5 Å². The number of rotatable bonds is 4. The van der Waals surface area contributed by atoms with Gasteiger partial charge in [-0.05, 0) is 18.2 Å². The number of nitriles is 1. The first-order chi connectivity index (χ1) is 19.6. The Balaban J connectivity index is 1.17. The fourth-order valence-electron chi connectivity index (χ4n) is 4.77. The summed E-state index contributed by atoms with van der Waals surface area (Å²) in [5.41, 5.74) is 5.57. The van der Waals surface area contributed by atoms with Crippen LogP contribution in [0.2, 0.25) is 0 Å². The minimum Gasteiger partial charge on any atom is -0.353 e. The van der Waals surface area contributed by atoms with Crippen molar-refractivity contribution in [2.45, 2.75) is 6.42 Å².